The average molecular weight is 215 g/mol. The zero-order valence-electron chi connectivity index (χ0n) is 10.3. The van der Waals surface area contributed by atoms with Gasteiger partial charge in [0.05, 0.1) is 18.8 Å². The lowest BCUT2D eigenvalue weighted by molar-refractivity contribution is -0.0886. The molecule has 1 aliphatic rings. The van der Waals surface area contributed by atoms with Crippen LogP contribution in [0.25, 0.3) is 0 Å². The van der Waals surface area contributed by atoms with Crippen molar-refractivity contribution in [1.82, 2.24) is 4.90 Å². The summed E-state index contributed by atoms with van der Waals surface area (Å²) in [6, 6.07) is 0. The molecule has 90 valence electrons. The van der Waals surface area contributed by atoms with Crippen molar-refractivity contribution in [2.24, 2.45) is 5.92 Å². The first-order valence-corrected chi connectivity index (χ1v) is 6.11. The molecule has 15 heavy (non-hydrogen) atoms. The van der Waals surface area contributed by atoms with E-state index < -0.39 is 0 Å². The molecule has 0 saturated carbocycles. The quantitative estimate of drug-likeness (QED) is 0.754. The number of aliphatic hydroxyl groups excluding tert-OH is 1. The van der Waals surface area contributed by atoms with Gasteiger partial charge in [0.15, 0.2) is 0 Å². The SMILES string of the molecule is CCCC(C)CC(O)C1CN(C)CCO1. The Kier molecular flexibility index (Phi) is 5.58. The summed E-state index contributed by atoms with van der Waals surface area (Å²) in [5.74, 6) is 0.598. The van der Waals surface area contributed by atoms with Gasteiger partial charge in [-0.3, -0.25) is 0 Å². The molecule has 0 spiro atoms. The highest BCUT2D eigenvalue weighted by atomic mass is 16.5. The molecule has 0 aromatic carbocycles. The summed E-state index contributed by atoms with van der Waals surface area (Å²) in [6.07, 6.45) is 2.98. The minimum Gasteiger partial charge on any atom is -0.390 e. The van der Waals surface area contributed by atoms with Crippen LogP contribution in [-0.2, 0) is 4.74 Å². The van der Waals surface area contributed by atoms with E-state index in [9.17, 15) is 5.11 Å². The van der Waals surface area contributed by atoms with Gasteiger partial charge in [-0.25, -0.2) is 0 Å². The van der Waals surface area contributed by atoms with Crippen molar-refractivity contribution in [3.05, 3.63) is 0 Å². The molecule has 0 amide bonds. The van der Waals surface area contributed by atoms with Gasteiger partial charge in [-0.2, -0.15) is 0 Å². The lowest BCUT2D eigenvalue weighted by Crippen LogP contribution is -2.46. The summed E-state index contributed by atoms with van der Waals surface area (Å²) in [5, 5.41) is 10.0. The zero-order valence-corrected chi connectivity index (χ0v) is 10.3. The van der Waals surface area contributed by atoms with Crippen molar-refractivity contribution in [3.8, 4) is 0 Å². The monoisotopic (exact) mass is 215 g/mol. The lowest BCUT2D eigenvalue weighted by atomic mass is 9.95. The molecule has 1 heterocycles. The number of hydrogen-bond acceptors (Lipinski definition) is 3. The normalized spacial score (nSPS) is 27.6. The van der Waals surface area contributed by atoms with Crippen molar-refractivity contribution in [3.63, 3.8) is 0 Å². The smallest absolute Gasteiger partial charge is 0.0960 e. The molecule has 3 nitrogen and oxygen atoms in total. The minimum atomic E-state index is -0.297. The van der Waals surface area contributed by atoms with Gasteiger partial charge in [0.25, 0.3) is 0 Å². The largest absolute Gasteiger partial charge is 0.390 e. The summed E-state index contributed by atoms with van der Waals surface area (Å²) < 4.78 is 5.60. The van der Waals surface area contributed by atoms with E-state index in [4.69, 9.17) is 4.74 Å². The first-order valence-electron chi connectivity index (χ1n) is 6.11. The van der Waals surface area contributed by atoms with Crippen LogP contribution < -0.4 is 0 Å². The molecule has 0 bridgehead atoms. The third-order valence-corrected chi connectivity index (χ3v) is 3.15. The minimum absolute atomic E-state index is 0.0167. The van der Waals surface area contributed by atoms with E-state index in [2.05, 4.69) is 25.8 Å². The summed E-state index contributed by atoms with van der Waals surface area (Å²) in [7, 11) is 2.08. The Bertz CT molecular complexity index is 175. The molecule has 1 aliphatic heterocycles. The Morgan fingerprint density at radius 2 is 2.27 bits per heavy atom. The predicted molar refractivity (Wildman–Crippen MR) is 61.9 cm³/mol. The van der Waals surface area contributed by atoms with E-state index in [1.165, 1.54) is 12.8 Å². The van der Waals surface area contributed by atoms with Crippen LogP contribution in [0.4, 0.5) is 0 Å². The van der Waals surface area contributed by atoms with Crippen LogP contribution >= 0.6 is 0 Å². The van der Waals surface area contributed by atoms with Crippen LogP contribution in [-0.4, -0.2) is 49.0 Å². The van der Waals surface area contributed by atoms with Gasteiger partial charge < -0.3 is 14.7 Å². The Balaban J connectivity index is 2.28. The van der Waals surface area contributed by atoms with Crippen LogP contribution in [0.3, 0.4) is 0 Å². The van der Waals surface area contributed by atoms with Gasteiger partial charge in [0, 0.05) is 13.1 Å². The molecule has 1 saturated heterocycles. The maximum absolute atomic E-state index is 10.0. The van der Waals surface area contributed by atoms with Crippen molar-refractivity contribution < 1.29 is 9.84 Å². The third kappa shape index (κ3) is 4.49. The van der Waals surface area contributed by atoms with E-state index in [1.54, 1.807) is 0 Å². The Morgan fingerprint density at radius 3 is 2.87 bits per heavy atom. The van der Waals surface area contributed by atoms with E-state index in [0.29, 0.717) is 5.92 Å². The third-order valence-electron chi connectivity index (χ3n) is 3.15. The second kappa shape index (κ2) is 6.46. The Labute approximate surface area is 93.4 Å². The summed E-state index contributed by atoms with van der Waals surface area (Å²) in [5.41, 5.74) is 0. The van der Waals surface area contributed by atoms with E-state index >= 15 is 0 Å². The van der Waals surface area contributed by atoms with Crippen LogP contribution in [0.15, 0.2) is 0 Å². The molecule has 0 aliphatic carbocycles. The fraction of sp³-hybridized carbons (Fsp3) is 1.00. The van der Waals surface area contributed by atoms with E-state index in [1.807, 2.05) is 0 Å². The van der Waals surface area contributed by atoms with Crippen molar-refractivity contribution in [2.75, 3.05) is 26.7 Å². The highest BCUT2D eigenvalue weighted by Crippen LogP contribution is 2.17. The van der Waals surface area contributed by atoms with Crippen LogP contribution in [0.2, 0.25) is 0 Å². The van der Waals surface area contributed by atoms with Gasteiger partial charge in [-0.05, 0) is 19.4 Å². The molecule has 1 rings (SSSR count). The van der Waals surface area contributed by atoms with Gasteiger partial charge in [-0.15, -0.1) is 0 Å². The van der Waals surface area contributed by atoms with Crippen molar-refractivity contribution in [2.45, 2.75) is 45.3 Å². The van der Waals surface area contributed by atoms with E-state index in [-0.39, 0.29) is 12.2 Å². The van der Waals surface area contributed by atoms with Crippen LogP contribution in [0, 0.1) is 5.92 Å². The van der Waals surface area contributed by atoms with E-state index in [0.717, 1.165) is 26.1 Å². The first-order chi connectivity index (χ1) is 7.13. The Morgan fingerprint density at radius 1 is 1.53 bits per heavy atom. The Hall–Kier alpha value is -0.120. The molecular weight excluding hydrogens is 190 g/mol. The van der Waals surface area contributed by atoms with Crippen molar-refractivity contribution in [1.29, 1.82) is 0 Å². The average Bonchev–Trinajstić information content (AvgIpc) is 2.18. The topological polar surface area (TPSA) is 32.7 Å². The molecular formula is C12H25NO2. The van der Waals surface area contributed by atoms with Gasteiger partial charge in [0.1, 0.15) is 0 Å². The van der Waals surface area contributed by atoms with Crippen LogP contribution in [0.1, 0.15) is 33.1 Å². The fourth-order valence-electron chi connectivity index (χ4n) is 2.22. The van der Waals surface area contributed by atoms with Crippen molar-refractivity contribution >= 4 is 0 Å². The summed E-state index contributed by atoms with van der Waals surface area (Å²) in [6.45, 7) is 6.99. The highest BCUT2D eigenvalue weighted by Gasteiger charge is 2.26. The number of aliphatic hydroxyl groups is 1. The maximum atomic E-state index is 10.0. The molecule has 1 N–H and O–H groups in total. The van der Waals surface area contributed by atoms with Gasteiger partial charge in [-0.1, -0.05) is 26.7 Å². The van der Waals surface area contributed by atoms with Gasteiger partial charge in [0.2, 0.25) is 0 Å². The number of morpholine rings is 1. The zero-order chi connectivity index (χ0) is 11.3. The standard InChI is InChI=1S/C12H25NO2/c1-4-5-10(2)8-11(14)12-9-13(3)6-7-15-12/h10-12,14H,4-9H2,1-3H3. The number of likely N-dealkylation sites (N-methyl/N-ethyl adjacent to an activating group) is 1. The molecule has 3 unspecified atom stereocenters. The summed E-state index contributed by atoms with van der Waals surface area (Å²) in [4.78, 5) is 2.22. The number of nitrogens with zero attached hydrogens (tertiary/aromatic N) is 1. The number of rotatable bonds is 5. The first kappa shape index (κ1) is 12.9. The molecule has 0 aromatic heterocycles. The predicted octanol–water partition coefficient (Wildman–Crippen LogP) is 1.50. The van der Waals surface area contributed by atoms with Crippen LogP contribution in [0.5, 0.6) is 0 Å². The second-order valence-electron chi connectivity index (χ2n) is 4.87. The second-order valence-corrected chi connectivity index (χ2v) is 4.87. The lowest BCUT2D eigenvalue weighted by Gasteiger charge is -2.33. The number of ether oxygens (including phenoxy) is 1. The molecule has 3 atom stereocenters. The molecule has 3 heteroatoms. The van der Waals surface area contributed by atoms with Gasteiger partial charge >= 0.3 is 0 Å². The molecule has 0 radical (unpaired) electrons. The highest BCUT2D eigenvalue weighted by molar-refractivity contribution is 4.77. The summed E-state index contributed by atoms with van der Waals surface area (Å²) >= 11 is 0. The molecule has 0 aromatic rings. The number of hydrogen-bond donors (Lipinski definition) is 1. The molecule has 1 fully saturated rings. The fourth-order valence-corrected chi connectivity index (χ4v) is 2.22. The maximum Gasteiger partial charge on any atom is 0.0960 e.